The van der Waals surface area contributed by atoms with Gasteiger partial charge in [0, 0.05) is 4.90 Å². The van der Waals surface area contributed by atoms with Gasteiger partial charge < -0.3 is 4.74 Å². The molecule has 0 amide bonds. The molecule has 3 heteroatoms. The zero-order valence-electron chi connectivity index (χ0n) is 7.94. The van der Waals surface area contributed by atoms with Crippen LogP contribution in [0.1, 0.15) is 12.8 Å². The summed E-state index contributed by atoms with van der Waals surface area (Å²) in [5, 5.41) is -0.246. The lowest BCUT2D eigenvalue weighted by Crippen LogP contribution is -1.98. The van der Waals surface area contributed by atoms with Crippen molar-refractivity contribution in [2.75, 3.05) is 6.61 Å². The van der Waals surface area contributed by atoms with Crippen LogP contribution in [0.5, 0.6) is 0 Å². The quantitative estimate of drug-likeness (QED) is 0.431. The summed E-state index contributed by atoms with van der Waals surface area (Å²) in [5.41, 5.74) is 0. The summed E-state index contributed by atoms with van der Waals surface area (Å²) in [6.45, 7) is 4.13. The first-order chi connectivity index (χ1) is 6.83. The van der Waals surface area contributed by atoms with E-state index in [1.807, 2.05) is 30.3 Å². The van der Waals surface area contributed by atoms with E-state index in [1.54, 1.807) is 0 Å². The molecule has 75 valence electrons. The summed E-state index contributed by atoms with van der Waals surface area (Å²) >= 11 is 1.11. The van der Waals surface area contributed by atoms with Gasteiger partial charge >= 0.3 is 5.30 Å². The first kappa shape index (κ1) is 11.1. The second-order valence-electron chi connectivity index (χ2n) is 2.72. The molecule has 0 aliphatic rings. The Balaban J connectivity index is 2.27. The van der Waals surface area contributed by atoms with Crippen LogP contribution in [0.3, 0.4) is 0 Å². The number of carbonyl (C=O) groups is 1. The molecule has 0 fully saturated rings. The number of benzene rings is 1. The second-order valence-corrected chi connectivity index (χ2v) is 3.73. The summed E-state index contributed by atoms with van der Waals surface area (Å²) < 4.78 is 4.97. The smallest absolute Gasteiger partial charge is 0.372 e. The maximum Gasteiger partial charge on any atom is 0.372 e. The number of unbranched alkanes of at least 4 members (excludes halogenated alkanes) is 1. The van der Waals surface area contributed by atoms with E-state index in [-0.39, 0.29) is 5.30 Å². The van der Waals surface area contributed by atoms with Crippen LogP contribution < -0.4 is 0 Å². The van der Waals surface area contributed by atoms with Crippen molar-refractivity contribution in [1.29, 1.82) is 0 Å². The first-order valence-corrected chi connectivity index (χ1v) is 5.33. The molecule has 0 spiro atoms. The van der Waals surface area contributed by atoms with E-state index in [1.165, 1.54) is 0 Å². The van der Waals surface area contributed by atoms with Gasteiger partial charge in [-0.1, -0.05) is 31.5 Å². The maximum absolute atomic E-state index is 11.2. The molecule has 0 aliphatic heterocycles. The third kappa shape index (κ3) is 4.33. The average molecular weight is 209 g/mol. The summed E-state index contributed by atoms with van der Waals surface area (Å²) in [4.78, 5) is 12.1. The van der Waals surface area contributed by atoms with Crippen LogP contribution in [0.25, 0.3) is 0 Å². The Labute approximate surface area is 88.7 Å². The minimum absolute atomic E-state index is 0.246. The summed E-state index contributed by atoms with van der Waals surface area (Å²) in [5.74, 6) is 0. The van der Waals surface area contributed by atoms with Crippen molar-refractivity contribution in [2.24, 2.45) is 0 Å². The molecular formula is C11H13O2S. The van der Waals surface area contributed by atoms with Crippen molar-refractivity contribution in [3.63, 3.8) is 0 Å². The Kier molecular flexibility index (Phi) is 5.15. The van der Waals surface area contributed by atoms with Gasteiger partial charge in [0.05, 0.1) is 6.61 Å². The van der Waals surface area contributed by atoms with Crippen LogP contribution in [0.15, 0.2) is 35.2 Å². The lowest BCUT2D eigenvalue weighted by Gasteiger charge is -2.02. The van der Waals surface area contributed by atoms with Gasteiger partial charge in [0.2, 0.25) is 0 Å². The highest BCUT2D eigenvalue weighted by atomic mass is 32.2. The molecule has 0 aliphatic carbocycles. The lowest BCUT2D eigenvalue weighted by atomic mass is 10.4. The molecule has 0 unspecified atom stereocenters. The van der Waals surface area contributed by atoms with E-state index in [9.17, 15) is 4.79 Å². The van der Waals surface area contributed by atoms with Crippen molar-refractivity contribution in [1.82, 2.24) is 0 Å². The first-order valence-electron chi connectivity index (χ1n) is 4.52. The Morgan fingerprint density at radius 2 is 2.07 bits per heavy atom. The normalized spacial score (nSPS) is 9.79. The Hall–Kier alpha value is -0.960. The predicted octanol–water partition coefficient (Wildman–Crippen LogP) is 3.53. The monoisotopic (exact) mass is 209 g/mol. The molecule has 0 bridgehead atoms. The van der Waals surface area contributed by atoms with Crippen LogP contribution in [-0.4, -0.2) is 11.9 Å². The zero-order valence-corrected chi connectivity index (χ0v) is 8.76. The number of thioether (sulfide) groups is 1. The minimum Gasteiger partial charge on any atom is -0.457 e. The van der Waals surface area contributed by atoms with Gasteiger partial charge in [0.15, 0.2) is 0 Å². The summed E-state index contributed by atoms with van der Waals surface area (Å²) in [7, 11) is 0. The average Bonchev–Trinajstić information content (AvgIpc) is 2.20. The van der Waals surface area contributed by atoms with Crippen molar-refractivity contribution >= 4 is 17.1 Å². The zero-order chi connectivity index (χ0) is 10.2. The van der Waals surface area contributed by atoms with Crippen molar-refractivity contribution in [3.8, 4) is 0 Å². The number of hydrogen-bond acceptors (Lipinski definition) is 3. The van der Waals surface area contributed by atoms with Gasteiger partial charge in [-0.25, -0.2) is 4.79 Å². The largest absolute Gasteiger partial charge is 0.457 e. The third-order valence-corrected chi connectivity index (χ3v) is 2.35. The molecule has 0 saturated heterocycles. The molecule has 0 aromatic heterocycles. The molecular weight excluding hydrogens is 196 g/mol. The molecule has 1 rings (SSSR count). The fourth-order valence-corrected chi connectivity index (χ4v) is 1.50. The van der Waals surface area contributed by atoms with Crippen LogP contribution in [0.2, 0.25) is 0 Å². The molecule has 14 heavy (non-hydrogen) atoms. The Bertz CT molecular complexity index is 272. The Morgan fingerprint density at radius 1 is 1.36 bits per heavy atom. The molecule has 2 nitrogen and oxygen atoms in total. The fourth-order valence-electron chi connectivity index (χ4n) is 0.872. The topological polar surface area (TPSA) is 26.3 Å². The summed E-state index contributed by atoms with van der Waals surface area (Å²) in [6.07, 6.45) is 1.62. The molecule has 0 heterocycles. The van der Waals surface area contributed by atoms with Gasteiger partial charge in [0.25, 0.3) is 0 Å². The van der Waals surface area contributed by atoms with Crippen molar-refractivity contribution in [3.05, 3.63) is 37.3 Å². The van der Waals surface area contributed by atoms with E-state index in [0.29, 0.717) is 6.61 Å². The van der Waals surface area contributed by atoms with E-state index in [0.717, 1.165) is 29.5 Å². The summed E-state index contributed by atoms with van der Waals surface area (Å²) in [6, 6.07) is 9.47. The highest BCUT2D eigenvalue weighted by molar-refractivity contribution is 8.13. The Morgan fingerprint density at radius 3 is 2.71 bits per heavy atom. The minimum atomic E-state index is -0.246. The van der Waals surface area contributed by atoms with Crippen LogP contribution >= 0.6 is 11.8 Å². The molecule has 0 saturated carbocycles. The number of rotatable bonds is 4. The van der Waals surface area contributed by atoms with E-state index >= 15 is 0 Å². The van der Waals surface area contributed by atoms with E-state index < -0.39 is 0 Å². The molecule has 1 aromatic rings. The number of carbonyl (C=O) groups excluding carboxylic acids is 1. The predicted molar refractivity (Wildman–Crippen MR) is 58.2 cm³/mol. The highest BCUT2D eigenvalue weighted by Crippen LogP contribution is 2.19. The van der Waals surface area contributed by atoms with Gasteiger partial charge in [-0.15, -0.1) is 0 Å². The van der Waals surface area contributed by atoms with Crippen LogP contribution in [-0.2, 0) is 4.74 Å². The van der Waals surface area contributed by atoms with E-state index in [4.69, 9.17) is 4.74 Å². The molecule has 0 atom stereocenters. The number of ether oxygens (including phenoxy) is 1. The van der Waals surface area contributed by atoms with Crippen LogP contribution in [0, 0.1) is 6.92 Å². The van der Waals surface area contributed by atoms with Gasteiger partial charge in [0.1, 0.15) is 0 Å². The van der Waals surface area contributed by atoms with Gasteiger partial charge in [-0.2, -0.15) is 0 Å². The molecule has 1 aromatic carbocycles. The van der Waals surface area contributed by atoms with Gasteiger partial charge in [-0.05, 0) is 30.3 Å². The SMILES string of the molecule is [CH2]CCCOC(=O)Sc1ccccc1. The van der Waals surface area contributed by atoms with Crippen molar-refractivity contribution in [2.45, 2.75) is 17.7 Å². The third-order valence-electron chi connectivity index (χ3n) is 1.56. The fraction of sp³-hybridized carbons (Fsp3) is 0.273. The standard InChI is InChI=1S/C11H13O2S/c1-2-3-9-13-11(12)14-10-7-5-4-6-8-10/h4-8H,1-3,9H2. The second kappa shape index (κ2) is 6.49. The lowest BCUT2D eigenvalue weighted by molar-refractivity contribution is 0.174. The molecule has 0 N–H and O–H groups in total. The van der Waals surface area contributed by atoms with Crippen molar-refractivity contribution < 1.29 is 9.53 Å². The van der Waals surface area contributed by atoms with E-state index in [2.05, 4.69) is 6.92 Å². The maximum atomic E-state index is 11.2. The highest BCUT2D eigenvalue weighted by Gasteiger charge is 2.04. The molecule has 1 radical (unpaired) electrons. The number of hydrogen-bond donors (Lipinski definition) is 0. The van der Waals surface area contributed by atoms with Crippen LogP contribution in [0.4, 0.5) is 4.79 Å². The van der Waals surface area contributed by atoms with Gasteiger partial charge in [-0.3, -0.25) is 0 Å².